The fourth-order valence-electron chi connectivity index (χ4n) is 1.37. The summed E-state index contributed by atoms with van der Waals surface area (Å²) in [6.45, 7) is 0.532. The van der Waals surface area contributed by atoms with Gasteiger partial charge in [0.25, 0.3) is 0 Å². The number of methoxy groups -OCH3 is 1. The van der Waals surface area contributed by atoms with Gasteiger partial charge in [-0.2, -0.15) is 0 Å². The summed E-state index contributed by atoms with van der Waals surface area (Å²) in [7, 11) is 1.36. The molecule has 0 fully saturated rings. The molecular weight excluding hydrogens is 238 g/mol. The van der Waals surface area contributed by atoms with Gasteiger partial charge in [-0.15, -0.1) is 5.10 Å². The summed E-state index contributed by atoms with van der Waals surface area (Å²) in [5, 5.41) is 8.90. The fourth-order valence-corrected chi connectivity index (χ4v) is 1.82. The molecule has 88 valence electrons. The highest BCUT2D eigenvalue weighted by Crippen LogP contribution is 2.16. The van der Waals surface area contributed by atoms with Gasteiger partial charge in [-0.3, -0.25) is 0 Å². The maximum Gasteiger partial charge on any atom is 0.339 e. The quantitative estimate of drug-likeness (QED) is 0.839. The SMILES string of the molecule is COC(=O)c1ccccc1NCc1csnn1. The van der Waals surface area contributed by atoms with Crippen LogP contribution in [0.2, 0.25) is 0 Å². The van der Waals surface area contributed by atoms with Crippen molar-refractivity contribution < 1.29 is 9.53 Å². The van der Waals surface area contributed by atoms with Crippen LogP contribution in [-0.4, -0.2) is 22.7 Å². The van der Waals surface area contributed by atoms with E-state index in [1.54, 1.807) is 12.1 Å². The van der Waals surface area contributed by atoms with Gasteiger partial charge in [0.1, 0.15) is 0 Å². The molecule has 1 heterocycles. The van der Waals surface area contributed by atoms with Crippen molar-refractivity contribution in [3.05, 3.63) is 40.9 Å². The van der Waals surface area contributed by atoms with E-state index in [1.165, 1.54) is 18.6 Å². The minimum atomic E-state index is -0.357. The molecule has 0 saturated carbocycles. The Balaban J connectivity index is 2.12. The molecule has 0 radical (unpaired) electrons. The first-order valence-corrected chi connectivity index (χ1v) is 5.82. The molecule has 0 unspecified atom stereocenters. The van der Waals surface area contributed by atoms with Gasteiger partial charge in [-0.25, -0.2) is 4.79 Å². The summed E-state index contributed by atoms with van der Waals surface area (Å²) in [5.74, 6) is -0.357. The average Bonchev–Trinajstić information content (AvgIpc) is 2.89. The third-order valence-electron chi connectivity index (χ3n) is 2.20. The van der Waals surface area contributed by atoms with Crippen molar-refractivity contribution in [1.29, 1.82) is 0 Å². The molecule has 5 nitrogen and oxygen atoms in total. The maximum atomic E-state index is 11.5. The molecular formula is C11H11N3O2S. The average molecular weight is 249 g/mol. The van der Waals surface area contributed by atoms with E-state index in [0.717, 1.165) is 11.4 Å². The molecule has 0 spiro atoms. The van der Waals surface area contributed by atoms with Crippen molar-refractivity contribution in [2.45, 2.75) is 6.54 Å². The molecule has 17 heavy (non-hydrogen) atoms. The number of carbonyl (C=O) groups is 1. The fraction of sp³-hybridized carbons (Fsp3) is 0.182. The third-order valence-corrected chi connectivity index (χ3v) is 2.75. The van der Waals surface area contributed by atoms with Crippen LogP contribution < -0.4 is 5.32 Å². The number of hydrogen-bond acceptors (Lipinski definition) is 6. The van der Waals surface area contributed by atoms with E-state index in [2.05, 4.69) is 14.9 Å². The number of ether oxygens (including phenoxy) is 1. The molecule has 0 aliphatic heterocycles. The van der Waals surface area contributed by atoms with Crippen LogP contribution in [0.15, 0.2) is 29.6 Å². The highest BCUT2D eigenvalue weighted by Gasteiger charge is 2.10. The second kappa shape index (κ2) is 5.40. The minimum Gasteiger partial charge on any atom is -0.465 e. The number of esters is 1. The molecule has 1 N–H and O–H groups in total. The van der Waals surface area contributed by atoms with Gasteiger partial charge < -0.3 is 10.1 Å². The van der Waals surface area contributed by atoms with Crippen molar-refractivity contribution in [2.24, 2.45) is 0 Å². The lowest BCUT2D eigenvalue weighted by Crippen LogP contribution is -2.08. The van der Waals surface area contributed by atoms with E-state index in [0.29, 0.717) is 12.1 Å². The van der Waals surface area contributed by atoms with E-state index in [1.807, 2.05) is 17.5 Å². The second-order valence-electron chi connectivity index (χ2n) is 3.29. The van der Waals surface area contributed by atoms with Gasteiger partial charge in [0.05, 0.1) is 24.9 Å². The normalized spacial score (nSPS) is 9.94. The number of anilines is 1. The molecule has 2 aromatic rings. The predicted octanol–water partition coefficient (Wildman–Crippen LogP) is 1.94. The van der Waals surface area contributed by atoms with Crippen LogP contribution in [0.4, 0.5) is 5.69 Å². The molecule has 1 aromatic heterocycles. The molecule has 0 aliphatic rings. The molecule has 6 heteroatoms. The highest BCUT2D eigenvalue weighted by molar-refractivity contribution is 7.03. The standard InChI is InChI=1S/C11H11N3O2S/c1-16-11(15)9-4-2-3-5-10(9)12-6-8-7-17-14-13-8/h2-5,7,12H,6H2,1H3. The molecule has 0 amide bonds. The Morgan fingerprint density at radius 3 is 3.00 bits per heavy atom. The Morgan fingerprint density at radius 1 is 1.47 bits per heavy atom. The first-order chi connectivity index (χ1) is 8.31. The zero-order chi connectivity index (χ0) is 12.1. The minimum absolute atomic E-state index is 0.357. The maximum absolute atomic E-state index is 11.5. The summed E-state index contributed by atoms with van der Waals surface area (Å²) in [6, 6.07) is 7.19. The zero-order valence-corrected chi connectivity index (χ0v) is 10.0. The van der Waals surface area contributed by atoms with Crippen LogP contribution in [0.25, 0.3) is 0 Å². The van der Waals surface area contributed by atoms with Crippen LogP contribution in [-0.2, 0) is 11.3 Å². The van der Waals surface area contributed by atoms with Crippen LogP contribution >= 0.6 is 11.5 Å². The van der Waals surface area contributed by atoms with E-state index < -0.39 is 0 Å². The van der Waals surface area contributed by atoms with Crippen LogP contribution in [0, 0.1) is 0 Å². The monoisotopic (exact) mass is 249 g/mol. The number of aromatic nitrogens is 2. The lowest BCUT2D eigenvalue weighted by molar-refractivity contribution is 0.0602. The first-order valence-electron chi connectivity index (χ1n) is 4.98. The van der Waals surface area contributed by atoms with Gasteiger partial charge in [0.2, 0.25) is 0 Å². The van der Waals surface area contributed by atoms with E-state index in [9.17, 15) is 4.79 Å². The van der Waals surface area contributed by atoms with Gasteiger partial charge in [0, 0.05) is 11.1 Å². The number of para-hydroxylation sites is 1. The van der Waals surface area contributed by atoms with E-state index in [-0.39, 0.29) is 5.97 Å². The largest absolute Gasteiger partial charge is 0.465 e. The highest BCUT2D eigenvalue weighted by atomic mass is 32.1. The Kier molecular flexibility index (Phi) is 3.66. The van der Waals surface area contributed by atoms with Crippen molar-refractivity contribution in [3.8, 4) is 0 Å². The van der Waals surface area contributed by atoms with Crippen LogP contribution in [0.1, 0.15) is 16.1 Å². The first kappa shape index (κ1) is 11.5. The number of benzene rings is 1. The van der Waals surface area contributed by atoms with Gasteiger partial charge >= 0.3 is 5.97 Å². The Labute approximate surface area is 103 Å². The number of rotatable bonds is 4. The molecule has 0 bridgehead atoms. The number of nitrogens with zero attached hydrogens (tertiary/aromatic N) is 2. The third kappa shape index (κ3) is 2.79. The van der Waals surface area contributed by atoms with E-state index in [4.69, 9.17) is 4.74 Å². The summed E-state index contributed by atoms with van der Waals surface area (Å²) >= 11 is 1.30. The Hall–Kier alpha value is -1.95. The zero-order valence-electron chi connectivity index (χ0n) is 9.21. The topological polar surface area (TPSA) is 64.1 Å². The molecule has 0 saturated heterocycles. The molecule has 0 atom stereocenters. The summed E-state index contributed by atoms with van der Waals surface area (Å²) in [5.41, 5.74) is 2.08. The Bertz CT molecular complexity index is 499. The predicted molar refractivity (Wildman–Crippen MR) is 65.0 cm³/mol. The summed E-state index contributed by atoms with van der Waals surface area (Å²) in [6.07, 6.45) is 0. The second-order valence-corrected chi connectivity index (χ2v) is 3.90. The Morgan fingerprint density at radius 2 is 2.29 bits per heavy atom. The number of nitrogens with one attached hydrogen (secondary N) is 1. The summed E-state index contributed by atoms with van der Waals surface area (Å²) < 4.78 is 8.48. The number of carbonyl (C=O) groups excluding carboxylic acids is 1. The summed E-state index contributed by atoms with van der Waals surface area (Å²) in [4.78, 5) is 11.5. The van der Waals surface area contributed by atoms with Crippen molar-refractivity contribution in [2.75, 3.05) is 12.4 Å². The van der Waals surface area contributed by atoms with Crippen LogP contribution in [0.5, 0.6) is 0 Å². The molecule has 0 aliphatic carbocycles. The van der Waals surface area contributed by atoms with Gasteiger partial charge in [-0.1, -0.05) is 16.6 Å². The van der Waals surface area contributed by atoms with Crippen molar-refractivity contribution in [1.82, 2.24) is 9.59 Å². The number of hydrogen-bond donors (Lipinski definition) is 1. The van der Waals surface area contributed by atoms with Gasteiger partial charge in [0.15, 0.2) is 0 Å². The van der Waals surface area contributed by atoms with Crippen LogP contribution in [0.3, 0.4) is 0 Å². The smallest absolute Gasteiger partial charge is 0.339 e. The van der Waals surface area contributed by atoms with E-state index >= 15 is 0 Å². The molecule has 1 aromatic carbocycles. The van der Waals surface area contributed by atoms with Crippen molar-refractivity contribution >= 4 is 23.2 Å². The lowest BCUT2D eigenvalue weighted by Gasteiger charge is -2.08. The molecule has 2 rings (SSSR count). The van der Waals surface area contributed by atoms with Crippen molar-refractivity contribution in [3.63, 3.8) is 0 Å². The van der Waals surface area contributed by atoms with Gasteiger partial charge in [-0.05, 0) is 23.7 Å². The lowest BCUT2D eigenvalue weighted by atomic mass is 10.2.